The van der Waals surface area contributed by atoms with Crippen molar-refractivity contribution in [2.45, 2.75) is 31.7 Å². The maximum atomic E-state index is 12.7. The Hall–Kier alpha value is -3.74. The maximum absolute atomic E-state index is 12.7. The fourth-order valence-corrected chi connectivity index (χ4v) is 4.22. The van der Waals surface area contributed by atoms with Crippen molar-refractivity contribution in [3.05, 3.63) is 77.2 Å². The predicted molar refractivity (Wildman–Crippen MR) is 117 cm³/mol. The second-order valence-corrected chi connectivity index (χ2v) is 7.50. The summed E-state index contributed by atoms with van der Waals surface area (Å²) in [6, 6.07) is 19.1. The molecule has 0 bridgehead atoms. The summed E-state index contributed by atoms with van der Waals surface area (Å²) >= 11 is 0. The van der Waals surface area contributed by atoms with E-state index in [9.17, 15) is 4.79 Å². The third kappa shape index (κ3) is 3.08. The number of hydrazone groups is 1. The molecule has 0 amide bonds. The van der Waals surface area contributed by atoms with E-state index in [0.717, 1.165) is 53.7 Å². The number of rotatable bonds is 3. The molecule has 0 saturated heterocycles. The van der Waals surface area contributed by atoms with Gasteiger partial charge in [0.1, 0.15) is 5.69 Å². The van der Waals surface area contributed by atoms with Gasteiger partial charge in [-0.1, -0.05) is 42.8 Å². The number of aromatic nitrogens is 4. The lowest BCUT2D eigenvalue weighted by molar-refractivity contribution is 0.453. The van der Waals surface area contributed by atoms with Crippen LogP contribution in [0.1, 0.15) is 31.7 Å². The van der Waals surface area contributed by atoms with E-state index in [1.807, 2.05) is 59.2 Å². The Morgan fingerprint density at radius 1 is 0.967 bits per heavy atom. The second kappa shape index (κ2) is 7.59. The average molecular weight is 398 g/mol. The molecule has 1 unspecified atom stereocenters. The molecule has 7 nitrogen and oxygen atoms in total. The van der Waals surface area contributed by atoms with E-state index < -0.39 is 0 Å². The zero-order chi connectivity index (χ0) is 20.5. The molecule has 1 aliphatic rings. The van der Waals surface area contributed by atoms with Crippen LogP contribution in [0, 0.1) is 0 Å². The van der Waals surface area contributed by atoms with Crippen LogP contribution in [0.5, 0.6) is 0 Å². The van der Waals surface area contributed by atoms with Gasteiger partial charge in [-0.25, -0.2) is 9.20 Å². The minimum absolute atomic E-state index is 0.149. The Morgan fingerprint density at radius 3 is 2.63 bits per heavy atom. The van der Waals surface area contributed by atoms with Gasteiger partial charge in [-0.15, -0.1) is 0 Å². The summed E-state index contributed by atoms with van der Waals surface area (Å²) in [5.74, 6) is 5.62. The van der Waals surface area contributed by atoms with Gasteiger partial charge in [0.2, 0.25) is 0 Å². The van der Waals surface area contributed by atoms with Crippen LogP contribution in [0.25, 0.3) is 28.0 Å². The van der Waals surface area contributed by atoms with Crippen LogP contribution in [0.2, 0.25) is 0 Å². The van der Waals surface area contributed by atoms with Crippen molar-refractivity contribution in [3.63, 3.8) is 0 Å². The molecule has 30 heavy (non-hydrogen) atoms. The van der Waals surface area contributed by atoms with Crippen molar-refractivity contribution in [1.82, 2.24) is 19.4 Å². The molecule has 4 aromatic rings. The van der Waals surface area contributed by atoms with E-state index >= 15 is 0 Å². The molecule has 1 atom stereocenters. The van der Waals surface area contributed by atoms with E-state index in [-0.39, 0.29) is 11.6 Å². The third-order valence-corrected chi connectivity index (χ3v) is 5.67. The van der Waals surface area contributed by atoms with Crippen molar-refractivity contribution in [1.29, 1.82) is 0 Å². The van der Waals surface area contributed by atoms with Crippen LogP contribution < -0.4 is 11.4 Å². The zero-order valence-electron chi connectivity index (χ0n) is 16.5. The molecule has 2 N–H and O–H groups in total. The van der Waals surface area contributed by atoms with E-state index in [1.54, 1.807) is 16.8 Å². The summed E-state index contributed by atoms with van der Waals surface area (Å²) in [5, 5.41) is 13.5. The zero-order valence-corrected chi connectivity index (χ0v) is 16.5. The molecule has 150 valence electrons. The van der Waals surface area contributed by atoms with E-state index in [0.29, 0.717) is 5.69 Å². The van der Waals surface area contributed by atoms with Crippen molar-refractivity contribution in [2.75, 3.05) is 0 Å². The topological polar surface area (TPSA) is 90.6 Å². The number of fused-ring (bicyclic) bond motifs is 1. The molecule has 7 heteroatoms. The summed E-state index contributed by atoms with van der Waals surface area (Å²) < 4.78 is 3.39. The fourth-order valence-electron chi connectivity index (χ4n) is 4.22. The molecular weight excluding hydrogens is 376 g/mol. The van der Waals surface area contributed by atoms with Gasteiger partial charge >= 0.3 is 0 Å². The molecule has 1 aromatic carbocycles. The highest BCUT2D eigenvalue weighted by atomic mass is 16.1. The minimum Gasteiger partial charge on any atom is -0.323 e. The van der Waals surface area contributed by atoms with Gasteiger partial charge in [0.15, 0.2) is 0 Å². The summed E-state index contributed by atoms with van der Waals surface area (Å²) in [6.45, 7) is 0. The first-order chi connectivity index (χ1) is 14.8. The van der Waals surface area contributed by atoms with Crippen LogP contribution in [-0.2, 0) is 0 Å². The van der Waals surface area contributed by atoms with Crippen LogP contribution in [0.15, 0.2) is 76.8 Å². The van der Waals surface area contributed by atoms with Crippen LogP contribution >= 0.6 is 0 Å². The van der Waals surface area contributed by atoms with Gasteiger partial charge in [0.05, 0.1) is 28.5 Å². The molecule has 0 radical (unpaired) electrons. The first-order valence-electron chi connectivity index (χ1n) is 10.2. The summed E-state index contributed by atoms with van der Waals surface area (Å²) in [6.07, 6.45) is 5.58. The summed E-state index contributed by atoms with van der Waals surface area (Å²) in [7, 11) is 0. The molecule has 1 aliphatic carbocycles. The Balaban J connectivity index is 1.73. The van der Waals surface area contributed by atoms with Gasteiger partial charge in [-0.3, -0.25) is 4.79 Å². The van der Waals surface area contributed by atoms with Crippen molar-refractivity contribution in [3.8, 4) is 22.5 Å². The maximum Gasteiger partial charge on any atom is 0.267 e. The number of hydrogen-bond acceptors (Lipinski definition) is 5. The lowest BCUT2D eigenvalue weighted by Crippen LogP contribution is -2.34. The quantitative estimate of drug-likeness (QED) is 0.421. The summed E-state index contributed by atoms with van der Waals surface area (Å²) in [5.41, 5.74) is 5.05. The highest BCUT2D eigenvalue weighted by Gasteiger charge is 2.25. The molecule has 1 saturated carbocycles. The van der Waals surface area contributed by atoms with Crippen molar-refractivity contribution < 1.29 is 0 Å². The van der Waals surface area contributed by atoms with Gasteiger partial charge in [-0.2, -0.15) is 15.3 Å². The van der Waals surface area contributed by atoms with Crippen LogP contribution in [0.3, 0.4) is 0 Å². The standard InChI is InChI=1S/C23H22N6O/c24-25-17-10-4-5-11-19(17)29-21(30)14-13-18(26-29)22-20-12-6-7-15-28(20)27-23(22)16-8-2-1-3-9-16/h1-3,6-9,12-15,19H,4-5,10-11,24H2/b25-17-. The van der Waals surface area contributed by atoms with E-state index in [4.69, 9.17) is 16.0 Å². The van der Waals surface area contributed by atoms with Crippen LogP contribution in [0.4, 0.5) is 0 Å². The van der Waals surface area contributed by atoms with Gasteiger partial charge < -0.3 is 5.84 Å². The van der Waals surface area contributed by atoms with Crippen molar-refractivity contribution >= 4 is 11.2 Å². The molecule has 1 fully saturated rings. The smallest absolute Gasteiger partial charge is 0.267 e. The number of nitrogens with zero attached hydrogens (tertiary/aromatic N) is 5. The van der Waals surface area contributed by atoms with E-state index in [2.05, 4.69) is 5.10 Å². The lowest BCUT2D eigenvalue weighted by Gasteiger charge is -2.24. The first-order valence-corrected chi connectivity index (χ1v) is 10.2. The Bertz CT molecular complexity index is 1290. The molecule has 3 aromatic heterocycles. The number of benzene rings is 1. The Morgan fingerprint density at radius 2 is 1.80 bits per heavy atom. The highest BCUT2D eigenvalue weighted by Crippen LogP contribution is 2.34. The second-order valence-electron chi connectivity index (χ2n) is 7.50. The van der Waals surface area contributed by atoms with Crippen LogP contribution in [-0.4, -0.2) is 25.1 Å². The number of pyridine rings is 1. The largest absolute Gasteiger partial charge is 0.323 e. The van der Waals surface area contributed by atoms with Crippen molar-refractivity contribution in [2.24, 2.45) is 10.9 Å². The first kappa shape index (κ1) is 18.3. The normalized spacial score (nSPS) is 18.1. The Kier molecular flexibility index (Phi) is 4.63. The summed E-state index contributed by atoms with van der Waals surface area (Å²) in [4.78, 5) is 12.7. The SMILES string of the molecule is N/N=C1/CCCCC1n1nc(-c2c(-c3ccccc3)nn3ccccc23)ccc1=O. The fraction of sp³-hybridized carbons (Fsp3) is 0.217. The molecule has 0 aliphatic heterocycles. The lowest BCUT2D eigenvalue weighted by atomic mass is 9.93. The number of nitrogens with two attached hydrogens (primary N) is 1. The predicted octanol–water partition coefficient (Wildman–Crippen LogP) is 3.65. The number of hydrogen-bond donors (Lipinski definition) is 1. The molecular formula is C23H22N6O. The monoisotopic (exact) mass is 398 g/mol. The molecule has 3 heterocycles. The third-order valence-electron chi connectivity index (χ3n) is 5.67. The highest BCUT2D eigenvalue weighted by molar-refractivity contribution is 5.91. The molecule has 0 spiro atoms. The van der Waals surface area contributed by atoms with Gasteiger partial charge in [0.25, 0.3) is 5.56 Å². The van der Waals surface area contributed by atoms with Gasteiger partial charge in [-0.05, 0) is 37.5 Å². The average Bonchev–Trinajstić information content (AvgIpc) is 3.20. The minimum atomic E-state index is -0.196. The van der Waals surface area contributed by atoms with E-state index in [1.165, 1.54) is 0 Å². The molecule has 5 rings (SSSR count). The Labute approximate surface area is 173 Å². The van der Waals surface area contributed by atoms with Gasteiger partial charge in [0, 0.05) is 17.8 Å².